The predicted molar refractivity (Wildman–Crippen MR) is 106 cm³/mol. The Balaban J connectivity index is 1.54. The van der Waals surface area contributed by atoms with Crippen LogP contribution in [0.5, 0.6) is 5.75 Å². The van der Waals surface area contributed by atoms with Gasteiger partial charge < -0.3 is 25.8 Å². The van der Waals surface area contributed by atoms with Crippen LogP contribution >= 0.6 is 0 Å². The third kappa shape index (κ3) is 5.67. The molecule has 7 nitrogen and oxygen atoms in total. The molecule has 4 N–H and O–H groups in total. The molecule has 2 aromatic carbocycles. The number of nitrogens with zero attached hydrogens (tertiary/aromatic N) is 1. The van der Waals surface area contributed by atoms with Gasteiger partial charge in [0.25, 0.3) is 0 Å². The number of benzene rings is 2. The van der Waals surface area contributed by atoms with E-state index in [0.29, 0.717) is 43.5 Å². The van der Waals surface area contributed by atoms with Crippen LogP contribution < -0.4 is 21.1 Å². The van der Waals surface area contributed by atoms with Gasteiger partial charge in [0, 0.05) is 35.6 Å². The quantitative estimate of drug-likeness (QED) is 0.532. The van der Waals surface area contributed by atoms with Crippen molar-refractivity contribution in [1.82, 2.24) is 4.98 Å². The Morgan fingerprint density at radius 1 is 0.963 bits per heavy atom. The van der Waals surface area contributed by atoms with E-state index in [4.69, 9.17) is 15.2 Å². The van der Waals surface area contributed by atoms with Crippen LogP contribution in [-0.4, -0.2) is 37.4 Å². The van der Waals surface area contributed by atoms with Gasteiger partial charge >= 0.3 is 6.03 Å². The first kappa shape index (κ1) is 18.6. The molecule has 3 rings (SSSR count). The van der Waals surface area contributed by atoms with Gasteiger partial charge in [0.15, 0.2) is 0 Å². The molecular formula is C20H22N4O3. The number of anilines is 2. The topological polar surface area (TPSA) is 98.5 Å². The molecule has 0 fully saturated rings. The van der Waals surface area contributed by atoms with Crippen molar-refractivity contribution in [1.29, 1.82) is 0 Å². The fourth-order valence-electron chi connectivity index (χ4n) is 2.51. The fraction of sp³-hybridized carbons (Fsp3) is 0.200. The number of pyridine rings is 1. The fourth-order valence-corrected chi connectivity index (χ4v) is 2.51. The summed E-state index contributed by atoms with van der Waals surface area (Å²) in [5, 5.41) is 6.57. The van der Waals surface area contributed by atoms with E-state index >= 15 is 0 Å². The Kier molecular flexibility index (Phi) is 6.56. The van der Waals surface area contributed by atoms with Gasteiger partial charge in [-0.15, -0.1) is 0 Å². The van der Waals surface area contributed by atoms with Crippen LogP contribution in [0.4, 0.5) is 16.2 Å². The van der Waals surface area contributed by atoms with E-state index in [-0.39, 0.29) is 6.03 Å². The Hall–Kier alpha value is -3.16. The van der Waals surface area contributed by atoms with Crippen LogP contribution in [0.25, 0.3) is 10.9 Å². The summed E-state index contributed by atoms with van der Waals surface area (Å²) in [7, 11) is 0. The number of carbonyl (C=O) groups excluding carboxylic acids is 1. The summed E-state index contributed by atoms with van der Waals surface area (Å²) in [6, 6.07) is 16.2. The van der Waals surface area contributed by atoms with Crippen molar-refractivity contribution in [2.75, 3.05) is 37.0 Å². The molecule has 0 aliphatic carbocycles. The van der Waals surface area contributed by atoms with Gasteiger partial charge in [-0.1, -0.05) is 12.1 Å². The monoisotopic (exact) mass is 366 g/mol. The molecule has 0 unspecified atom stereocenters. The molecule has 27 heavy (non-hydrogen) atoms. The molecule has 3 aromatic rings. The summed E-state index contributed by atoms with van der Waals surface area (Å²) < 4.78 is 10.9. The SMILES string of the molecule is NCCOCCOc1cccc(NC(=O)Nc2ccc3ncccc3c2)c1. The van der Waals surface area contributed by atoms with Crippen molar-refractivity contribution in [3.8, 4) is 5.75 Å². The standard InChI is InChI=1S/C20H22N4O3/c21-8-10-26-11-12-27-18-5-1-4-16(14-18)23-20(25)24-17-6-7-19-15(13-17)3-2-9-22-19/h1-7,9,13-14H,8,10-12,21H2,(H2,23,24,25). The lowest BCUT2D eigenvalue weighted by atomic mass is 10.2. The smallest absolute Gasteiger partial charge is 0.323 e. The van der Waals surface area contributed by atoms with Crippen LogP contribution in [0.15, 0.2) is 60.8 Å². The number of amides is 2. The number of carbonyl (C=O) groups is 1. The van der Waals surface area contributed by atoms with Crippen molar-refractivity contribution in [2.45, 2.75) is 0 Å². The van der Waals surface area contributed by atoms with Gasteiger partial charge in [-0.3, -0.25) is 4.98 Å². The lowest BCUT2D eigenvalue weighted by Crippen LogP contribution is -2.19. The number of urea groups is 1. The van der Waals surface area contributed by atoms with Crippen molar-refractivity contribution < 1.29 is 14.3 Å². The Bertz CT molecular complexity index is 901. The third-order valence-electron chi connectivity index (χ3n) is 3.71. The predicted octanol–water partition coefficient (Wildman–Crippen LogP) is 3.23. The molecule has 0 aliphatic rings. The minimum absolute atomic E-state index is 0.332. The zero-order valence-corrected chi connectivity index (χ0v) is 14.9. The average molecular weight is 366 g/mol. The van der Waals surface area contributed by atoms with Crippen LogP contribution in [0.2, 0.25) is 0 Å². The summed E-state index contributed by atoms with van der Waals surface area (Å²) >= 11 is 0. The van der Waals surface area contributed by atoms with E-state index in [0.717, 1.165) is 10.9 Å². The van der Waals surface area contributed by atoms with Crippen LogP contribution in [0, 0.1) is 0 Å². The van der Waals surface area contributed by atoms with Crippen molar-refractivity contribution in [3.63, 3.8) is 0 Å². The first-order valence-electron chi connectivity index (χ1n) is 8.68. The lowest BCUT2D eigenvalue weighted by Gasteiger charge is -2.11. The number of fused-ring (bicyclic) bond motifs is 1. The highest BCUT2D eigenvalue weighted by atomic mass is 16.5. The molecule has 0 saturated carbocycles. The molecule has 1 heterocycles. The van der Waals surface area contributed by atoms with E-state index in [2.05, 4.69) is 15.6 Å². The second kappa shape index (κ2) is 9.51. The first-order valence-corrected chi connectivity index (χ1v) is 8.68. The number of rotatable bonds is 8. The molecule has 140 valence electrons. The third-order valence-corrected chi connectivity index (χ3v) is 3.71. The van der Waals surface area contributed by atoms with Crippen molar-refractivity contribution >= 4 is 28.3 Å². The minimum atomic E-state index is -0.332. The molecule has 7 heteroatoms. The highest BCUT2D eigenvalue weighted by molar-refractivity contribution is 6.01. The number of aromatic nitrogens is 1. The minimum Gasteiger partial charge on any atom is -0.491 e. The van der Waals surface area contributed by atoms with E-state index in [1.807, 2.05) is 42.5 Å². The average Bonchev–Trinajstić information content (AvgIpc) is 2.68. The van der Waals surface area contributed by atoms with Crippen LogP contribution in [0.1, 0.15) is 0 Å². The normalized spacial score (nSPS) is 10.6. The molecule has 0 bridgehead atoms. The molecule has 0 aliphatic heterocycles. The van der Waals surface area contributed by atoms with Gasteiger partial charge in [0.2, 0.25) is 0 Å². The number of ether oxygens (including phenoxy) is 2. The van der Waals surface area contributed by atoms with Crippen LogP contribution in [-0.2, 0) is 4.74 Å². The summed E-state index contributed by atoms with van der Waals surface area (Å²) in [5.74, 6) is 0.654. The molecule has 1 aromatic heterocycles. The zero-order valence-electron chi connectivity index (χ0n) is 14.9. The second-order valence-electron chi connectivity index (χ2n) is 5.77. The summed E-state index contributed by atoms with van der Waals surface area (Å²) in [6.07, 6.45) is 1.74. The van der Waals surface area contributed by atoms with Gasteiger partial charge in [0.1, 0.15) is 12.4 Å². The first-order chi connectivity index (χ1) is 13.2. The molecule has 0 spiro atoms. The van der Waals surface area contributed by atoms with Crippen LogP contribution in [0.3, 0.4) is 0 Å². The van der Waals surface area contributed by atoms with Gasteiger partial charge in [-0.2, -0.15) is 0 Å². The van der Waals surface area contributed by atoms with E-state index in [1.54, 1.807) is 18.3 Å². The maximum Gasteiger partial charge on any atom is 0.323 e. The second-order valence-corrected chi connectivity index (χ2v) is 5.77. The Morgan fingerprint density at radius 3 is 2.67 bits per heavy atom. The maximum absolute atomic E-state index is 12.3. The maximum atomic E-state index is 12.3. The lowest BCUT2D eigenvalue weighted by molar-refractivity contribution is 0.106. The largest absolute Gasteiger partial charge is 0.491 e. The molecule has 0 atom stereocenters. The number of hydrogen-bond donors (Lipinski definition) is 3. The van der Waals surface area contributed by atoms with Gasteiger partial charge in [0.05, 0.1) is 18.7 Å². The number of hydrogen-bond acceptors (Lipinski definition) is 5. The molecule has 0 saturated heterocycles. The van der Waals surface area contributed by atoms with E-state index in [1.165, 1.54) is 0 Å². The Morgan fingerprint density at radius 2 is 1.81 bits per heavy atom. The zero-order chi connectivity index (χ0) is 18.9. The molecule has 2 amide bonds. The summed E-state index contributed by atoms with van der Waals surface area (Å²) in [4.78, 5) is 16.5. The number of nitrogens with one attached hydrogen (secondary N) is 2. The summed E-state index contributed by atoms with van der Waals surface area (Å²) in [6.45, 7) is 1.88. The van der Waals surface area contributed by atoms with Gasteiger partial charge in [-0.05, 0) is 36.4 Å². The van der Waals surface area contributed by atoms with E-state index < -0.39 is 0 Å². The molecule has 0 radical (unpaired) electrons. The Labute approximate surface area is 157 Å². The number of nitrogens with two attached hydrogens (primary N) is 1. The van der Waals surface area contributed by atoms with Crippen molar-refractivity contribution in [3.05, 3.63) is 60.8 Å². The van der Waals surface area contributed by atoms with Gasteiger partial charge in [-0.25, -0.2) is 4.79 Å². The molecular weight excluding hydrogens is 344 g/mol. The van der Waals surface area contributed by atoms with E-state index in [9.17, 15) is 4.79 Å². The summed E-state index contributed by atoms with van der Waals surface area (Å²) in [5.41, 5.74) is 7.56. The highest BCUT2D eigenvalue weighted by Gasteiger charge is 2.05. The highest BCUT2D eigenvalue weighted by Crippen LogP contribution is 2.19. The van der Waals surface area contributed by atoms with Crippen molar-refractivity contribution in [2.24, 2.45) is 5.73 Å².